The number of hydrogen-bond acceptors (Lipinski definition) is 4. The summed E-state index contributed by atoms with van der Waals surface area (Å²) in [6, 6.07) is 1.82. The van der Waals surface area contributed by atoms with E-state index >= 15 is 0 Å². The van der Waals surface area contributed by atoms with Crippen LogP contribution in [0.5, 0.6) is 0 Å². The Labute approximate surface area is 108 Å². The van der Waals surface area contributed by atoms with E-state index in [0.29, 0.717) is 12.2 Å². The maximum atomic E-state index is 5.63. The molecule has 0 fully saturated rings. The molecule has 3 N–H and O–H groups in total. The van der Waals surface area contributed by atoms with Gasteiger partial charge in [-0.05, 0) is 28.9 Å². The Hall–Kier alpha value is -1.56. The fraction of sp³-hybridized carbons (Fsp3) is 0.273. The number of hydrogen-bond donors (Lipinski definition) is 2. The van der Waals surface area contributed by atoms with Gasteiger partial charge in [-0.15, -0.1) is 0 Å². The lowest BCUT2D eigenvalue weighted by Gasteiger charge is -2.07. The van der Waals surface area contributed by atoms with Gasteiger partial charge in [0, 0.05) is 25.4 Å². The standard InChI is InChI=1S/C11H14BrN5/c1-7-8(6-17(2)16-7)4-14-11-10(12)3-9(13)5-15-11/h3,5-6H,4,13H2,1-2H3,(H,14,15). The Kier molecular flexibility index (Phi) is 3.33. The summed E-state index contributed by atoms with van der Waals surface area (Å²) in [5.41, 5.74) is 8.44. The van der Waals surface area contributed by atoms with Crippen molar-refractivity contribution in [3.05, 3.63) is 34.2 Å². The summed E-state index contributed by atoms with van der Waals surface area (Å²) >= 11 is 3.42. The lowest BCUT2D eigenvalue weighted by atomic mass is 10.2. The van der Waals surface area contributed by atoms with Crippen molar-refractivity contribution in [1.29, 1.82) is 0 Å². The molecule has 0 atom stereocenters. The first-order valence-electron chi connectivity index (χ1n) is 5.20. The first-order valence-corrected chi connectivity index (χ1v) is 5.99. The molecule has 2 aromatic rings. The quantitative estimate of drug-likeness (QED) is 0.910. The molecule has 0 bridgehead atoms. The van der Waals surface area contributed by atoms with E-state index < -0.39 is 0 Å². The molecule has 0 aliphatic heterocycles. The second kappa shape index (κ2) is 4.75. The zero-order chi connectivity index (χ0) is 12.4. The highest BCUT2D eigenvalue weighted by Crippen LogP contribution is 2.22. The van der Waals surface area contributed by atoms with Gasteiger partial charge in [-0.25, -0.2) is 4.98 Å². The number of rotatable bonds is 3. The molecule has 0 saturated carbocycles. The van der Waals surface area contributed by atoms with E-state index in [1.807, 2.05) is 26.2 Å². The van der Waals surface area contributed by atoms with Crippen LogP contribution in [0.2, 0.25) is 0 Å². The van der Waals surface area contributed by atoms with Crippen LogP contribution in [-0.4, -0.2) is 14.8 Å². The van der Waals surface area contributed by atoms with Crippen molar-refractivity contribution in [2.24, 2.45) is 7.05 Å². The number of aryl methyl sites for hydroxylation is 2. The molecule has 0 spiro atoms. The van der Waals surface area contributed by atoms with E-state index in [9.17, 15) is 0 Å². The molecular weight excluding hydrogens is 282 g/mol. The highest BCUT2D eigenvalue weighted by Gasteiger charge is 2.05. The maximum Gasteiger partial charge on any atom is 0.140 e. The molecule has 90 valence electrons. The van der Waals surface area contributed by atoms with Gasteiger partial charge in [-0.3, -0.25) is 4.68 Å². The molecular formula is C11H14BrN5. The first kappa shape index (κ1) is 11.9. The number of nitrogen functional groups attached to an aromatic ring is 1. The van der Waals surface area contributed by atoms with Crippen LogP contribution in [0.3, 0.4) is 0 Å². The number of pyridine rings is 1. The molecule has 6 heteroatoms. The van der Waals surface area contributed by atoms with Crippen molar-refractivity contribution in [3.8, 4) is 0 Å². The highest BCUT2D eigenvalue weighted by atomic mass is 79.9. The molecule has 0 amide bonds. The molecule has 0 aliphatic carbocycles. The van der Waals surface area contributed by atoms with Crippen molar-refractivity contribution in [1.82, 2.24) is 14.8 Å². The van der Waals surface area contributed by atoms with Crippen LogP contribution in [0.15, 0.2) is 22.9 Å². The maximum absolute atomic E-state index is 5.63. The fourth-order valence-corrected chi connectivity index (χ4v) is 2.09. The minimum absolute atomic E-state index is 0.639. The summed E-state index contributed by atoms with van der Waals surface area (Å²) in [6.07, 6.45) is 3.62. The van der Waals surface area contributed by atoms with Gasteiger partial charge in [-0.1, -0.05) is 0 Å². The SMILES string of the molecule is Cc1nn(C)cc1CNc1ncc(N)cc1Br. The van der Waals surface area contributed by atoms with Crippen LogP contribution in [0.4, 0.5) is 11.5 Å². The number of nitrogens with zero attached hydrogens (tertiary/aromatic N) is 3. The van der Waals surface area contributed by atoms with E-state index in [2.05, 4.69) is 31.3 Å². The molecule has 2 aromatic heterocycles. The Balaban J connectivity index is 2.10. The zero-order valence-corrected chi connectivity index (χ0v) is 11.3. The summed E-state index contributed by atoms with van der Waals surface area (Å²) in [5, 5.41) is 7.53. The van der Waals surface area contributed by atoms with Gasteiger partial charge < -0.3 is 11.1 Å². The second-order valence-corrected chi connectivity index (χ2v) is 4.72. The van der Waals surface area contributed by atoms with Gasteiger partial charge >= 0.3 is 0 Å². The van der Waals surface area contributed by atoms with Crippen LogP contribution in [0, 0.1) is 6.92 Å². The van der Waals surface area contributed by atoms with Crippen LogP contribution < -0.4 is 11.1 Å². The Morgan fingerprint density at radius 1 is 1.53 bits per heavy atom. The van der Waals surface area contributed by atoms with Crippen LogP contribution in [0.1, 0.15) is 11.3 Å². The zero-order valence-electron chi connectivity index (χ0n) is 9.74. The van der Waals surface area contributed by atoms with Crippen LogP contribution >= 0.6 is 15.9 Å². The third-order valence-electron chi connectivity index (χ3n) is 2.42. The number of halogens is 1. The van der Waals surface area contributed by atoms with Crippen molar-refractivity contribution >= 4 is 27.4 Å². The van der Waals surface area contributed by atoms with Crippen molar-refractivity contribution < 1.29 is 0 Å². The number of anilines is 2. The summed E-state index contributed by atoms with van der Waals surface area (Å²) in [7, 11) is 1.91. The fourth-order valence-electron chi connectivity index (χ4n) is 1.58. The molecule has 0 radical (unpaired) electrons. The summed E-state index contributed by atoms with van der Waals surface area (Å²) < 4.78 is 2.66. The van der Waals surface area contributed by atoms with Crippen molar-refractivity contribution in [3.63, 3.8) is 0 Å². The van der Waals surface area contributed by atoms with E-state index in [1.165, 1.54) is 0 Å². The summed E-state index contributed by atoms with van der Waals surface area (Å²) in [5.74, 6) is 0.780. The number of nitrogens with one attached hydrogen (secondary N) is 1. The van der Waals surface area contributed by atoms with E-state index in [-0.39, 0.29) is 0 Å². The van der Waals surface area contributed by atoms with Crippen LogP contribution in [-0.2, 0) is 13.6 Å². The summed E-state index contributed by atoms with van der Waals surface area (Å²) in [6.45, 7) is 2.68. The lowest BCUT2D eigenvalue weighted by Crippen LogP contribution is -2.03. The molecule has 5 nitrogen and oxygen atoms in total. The van der Waals surface area contributed by atoms with Crippen molar-refractivity contribution in [2.45, 2.75) is 13.5 Å². The number of aromatic nitrogens is 3. The highest BCUT2D eigenvalue weighted by molar-refractivity contribution is 9.10. The number of nitrogens with two attached hydrogens (primary N) is 1. The predicted octanol–water partition coefficient (Wildman–Crippen LogP) is 2.08. The monoisotopic (exact) mass is 295 g/mol. The van der Waals surface area contributed by atoms with Gasteiger partial charge in [0.1, 0.15) is 5.82 Å². The second-order valence-electron chi connectivity index (χ2n) is 3.87. The van der Waals surface area contributed by atoms with E-state index in [1.54, 1.807) is 10.9 Å². The Morgan fingerprint density at radius 3 is 2.88 bits per heavy atom. The van der Waals surface area contributed by atoms with E-state index in [0.717, 1.165) is 21.5 Å². The molecule has 0 aliphatic rings. The van der Waals surface area contributed by atoms with Gasteiger partial charge in [0.25, 0.3) is 0 Å². The molecule has 0 saturated heterocycles. The van der Waals surface area contributed by atoms with Gasteiger partial charge in [0.05, 0.1) is 22.1 Å². The predicted molar refractivity (Wildman–Crippen MR) is 71.6 cm³/mol. The first-order chi connectivity index (χ1) is 8.06. The minimum Gasteiger partial charge on any atom is -0.397 e. The molecule has 0 unspecified atom stereocenters. The molecule has 0 aromatic carbocycles. The third kappa shape index (κ3) is 2.76. The molecule has 2 heterocycles. The smallest absolute Gasteiger partial charge is 0.140 e. The van der Waals surface area contributed by atoms with Crippen molar-refractivity contribution in [2.75, 3.05) is 11.1 Å². The van der Waals surface area contributed by atoms with E-state index in [4.69, 9.17) is 5.73 Å². The van der Waals surface area contributed by atoms with Gasteiger partial charge in [0.2, 0.25) is 0 Å². The lowest BCUT2D eigenvalue weighted by molar-refractivity contribution is 0.756. The Morgan fingerprint density at radius 2 is 2.29 bits per heavy atom. The molecule has 17 heavy (non-hydrogen) atoms. The average molecular weight is 296 g/mol. The third-order valence-corrected chi connectivity index (χ3v) is 3.03. The largest absolute Gasteiger partial charge is 0.397 e. The van der Waals surface area contributed by atoms with Gasteiger partial charge in [0.15, 0.2) is 0 Å². The normalized spacial score (nSPS) is 10.5. The summed E-state index contributed by atoms with van der Waals surface area (Å²) in [4.78, 5) is 4.22. The topological polar surface area (TPSA) is 68.8 Å². The van der Waals surface area contributed by atoms with Gasteiger partial charge in [-0.2, -0.15) is 5.10 Å². The average Bonchev–Trinajstić information content (AvgIpc) is 2.56. The Bertz CT molecular complexity index is 535. The van der Waals surface area contributed by atoms with Crippen LogP contribution in [0.25, 0.3) is 0 Å². The molecule has 2 rings (SSSR count). The minimum atomic E-state index is 0.639.